The molecule has 0 aliphatic carbocycles. The molecule has 1 aromatic heterocycles. The van der Waals surface area contributed by atoms with Crippen molar-refractivity contribution >= 4 is 35.0 Å². The predicted octanol–water partition coefficient (Wildman–Crippen LogP) is 3.53. The first-order chi connectivity index (χ1) is 14.4. The molecular formula is C22H24O7S. The van der Waals surface area contributed by atoms with E-state index in [1.165, 1.54) is 11.3 Å². The van der Waals surface area contributed by atoms with Crippen LogP contribution in [0.25, 0.3) is 0 Å². The molecule has 0 radical (unpaired) electrons. The van der Waals surface area contributed by atoms with Gasteiger partial charge in [0.05, 0.1) is 24.0 Å². The quantitative estimate of drug-likeness (QED) is 0.245. The maximum Gasteiger partial charge on any atom is 0.363 e. The molecule has 1 unspecified atom stereocenters. The minimum Gasteiger partial charge on any atom is -0.463 e. The average Bonchev–Trinajstić information content (AvgIpc) is 3.26. The highest BCUT2D eigenvalue weighted by atomic mass is 32.1. The Morgan fingerprint density at radius 3 is 2.00 bits per heavy atom. The number of rotatable bonds is 10. The molecule has 2 rings (SSSR count). The molecule has 2 aromatic rings. The number of esters is 3. The fourth-order valence-corrected chi connectivity index (χ4v) is 3.81. The van der Waals surface area contributed by atoms with E-state index in [0.717, 1.165) is 6.92 Å². The lowest BCUT2D eigenvalue weighted by Gasteiger charge is -2.35. The van der Waals surface area contributed by atoms with E-state index in [4.69, 9.17) is 14.2 Å². The van der Waals surface area contributed by atoms with Gasteiger partial charge in [-0.25, -0.2) is 9.59 Å². The Bertz CT molecular complexity index is 856. The first-order valence-electron chi connectivity index (χ1n) is 9.52. The molecule has 1 atom stereocenters. The van der Waals surface area contributed by atoms with Gasteiger partial charge < -0.3 is 14.2 Å². The van der Waals surface area contributed by atoms with Gasteiger partial charge in [0.15, 0.2) is 5.78 Å². The molecule has 0 saturated carbocycles. The van der Waals surface area contributed by atoms with Crippen LogP contribution in [0, 0.1) is 0 Å². The second-order valence-electron chi connectivity index (χ2n) is 6.34. The van der Waals surface area contributed by atoms with Crippen molar-refractivity contribution in [2.24, 2.45) is 0 Å². The van der Waals surface area contributed by atoms with Gasteiger partial charge in [0.2, 0.25) is 0 Å². The van der Waals surface area contributed by atoms with E-state index in [-0.39, 0.29) is 25.4 Å². The Balaban J connectivity index is 2.68. The topological polar surface area (TPSA) is 96.0 Å². The highest BCUT2D eigenvalue weighted by Gasteiger charge is 2.59. The summed E-state index contributed by atoms with van der Waals surface area (Å²) >= 11 is 1.24. The molecule has 160 valence electrons. The molecule has 0 bridgehead atoms. The molecule has 0 amide bonds. The largest absolute Gasteiger partial charge is 0.463 e. The monoisotopic (exact) mass is 432 g/mol. The number of thiophene rings is 1. The van der Waals surface area contributed by atoms with Crippen molar-refractivity contribution in [1.29, 1.82) is 0 Å². The van der Waals surface area contributed by atoms with E-state index in [1.807, 2.05) is 0 Å². The van der Waals surface area contributed by atoms with Crippen LogP contribution in [0.2, 0.25) is 0 Å². The molecule has 0 spiro atoms. The predicted molar refractivity (Wildman–Crippen MR) is 110 cm³/mol. The number of carbonyl (C=O) groups excluding carboxylic acids is 4. The third kappa shape index (κ3) is 5.13. The minimum atomic E-state index is -2.45. The summed E-state index contributed by atoms with van der Waals surface area (Å²) in [6.07, 6.45) is -0.268. The van der Waals surface area contributed by atoms with Gasteiger partial charge in [-0.05, 0) is 30.9 Å². The van der Waals surface area contributed by atoms with Gasteiger partial charge in [-0.2, -0.15) is 0 Å². The maximum absolute atomic E-state index is 13.1. The number of benzene rings is 1. The lowest BCUT2D eigenvalue weighted by Crippen LogP contribution is -2.56. The Kier molecular flexibility index (Phi) is 8.29. The normalized spacial score (nSPS) is 12.0. The van der Waals surface area contributed by atoms with Crippen molar-refractivity contribution in [3.63, 3.8) is 0 Å². The van der Waals surface area contributed by atoms with Crippen LogP contribution in [0.3, 0.4) is 0 Å². The average molecular weight is 432 g/mol. The zero-order valence-corrected chi connectivity index (χ0v) is 17.9. The smallest absolute Gasteiger partial charge is 0.363 e. The molecule has 0 aliphatic heterocycles. The summed E-state index contributed by atoms with van der Waals surface area (Å²) in [5.41, 5.74) is -1.99. The van der Waals surface area contributed by atoms with Crippen molar-refractivity contribution in [2.75, 3.05) is 13.2 Å². The van der Waals surface area contributed by atoms with E-state index in [0.29, 0.717) is 10.4 Å². The zero-order chi connectivity index (χ0) is 22.1. The summed E-state index contributed by atoms with van der Waals surface area (Å²) in [5.74, 6) is -4.47. The van der Waals surface area contributed by atoms with Crippen molar-refractivity contribution in [2.45, 2.75) is 38.7 Å². The summed E-state index contributed by atoms with van der Waals surface area (Å²) in [7, 11) is 0. The van der Waals surface area contributed by atoms with Crippen molar-refractivity contribution in [3.05, 3.63) is 58.3 Å². The van der Waals surface area contributed by atoms with Gasteiger partial charge >= 0.3 is 23.5 Å². The number of ether oxygens (including phenoxy) is 3. The number of ketones is 1. The van der Waals surface area contributed by atoms with E-state index in [2.05, 4.69) is 0 Å². The van der Waals surface area contributed by atoms with Crippen LogP contribution >= 0.6 is 11.3 Å². The number of hydrogen-bond donors (Lipinski definition) is 0. The molecule has 7 nitrogen and oxygen atoms in total. The summed E-state index contributed by atoms with van der Waals surface area (Å²) in [6, 6.07) is 11.8. The first-order valence-corrected chi connectivity index (χ1v) is 10.4. The van der Waals surface area contributed by atoms with Crippen LogP contribution in [0.15, 0.2) is 47.8 Å². The lowest BCUT2D eigenvalue weighted by molar-refractivity contribution is -0.198. The van der Waals surface area contributed by atoms with Gasteiger partial charge in [0.1, 0.15) is 0 Å². The molecule has 30 heavy (non-hydrogen) atoms. The van der Waals surface area contributed by atoms with E-state index < -0.39 is 29.4 Å². The minimum absolute atomic E-state index is 0.0539. The second-order valence-corrected chi connectivity index (χ2v) is 7.29. The van der Waals surface area contributed by atoms with Gasteiger partial charge in [0, 0.05) is 13.3 Å². The third-order valence-corrected chi connectivity index (χ3v) is 5.25. The van der Waals surface area contributed by atoms with Crippen LogP contribution in [-0.4, -0.2) is 42.5 Å². The number of carbonyl (C=O) groups is 4. The number of hydrogen-bond acceptors (Lipinski definition) is 8. The van der Waals surface area contributed by atoms with Crippen LogP contribution in [0.5, 0.6) is 0 Å². The Morgan fingerprint density at radius 2 is 1.53 bits per heavy atom. The van der Waals surface area contributed by atoms with E-state index >= 15 is 0 Å². The molecule has 8 heteroatoms. The molecule has 0 fully saturated rings. The van der Waals surface area contributed by atoms with Crippen LogP contribution < -0.4 is 0 Å². The summed E-state index contributed by atoms with van der Waals surface area (Å²) in [4.78, 5) is 51.6. The highest BCUT2D eigenvalue weighted by Crippen LogP contribution is 2.38. The fourth-order valence-electron chi connectivity index (χ4n) is 3.13. The van der Waals surface area contributed by atoms with Crippen molar-refractivity contribution in [1.82, 2.24) is 0 Å². The molecule has 0 N–H and O–H groups in total. The van der Waals surface area contributed by atoms with Crippen LogP contribution in [0.1, 0.15) is 48.3 Å². The number of Topliss-reactive ketones (excluding diaryl/α,β-unsaturated/α-hetero) is 1. The zero-order valence-electron chi connectivity index (χ0n) is 17.1. The van der Waals surface area contributed by atoms with Gasteiger partial charge in [-0.15, -0.1) is 11.3 Å². The van der Waals surface area contributed by atoms with Crippen molar-refractivity contribution < 1.29 is 33.4 Å². The molecule has 1 aromatic carbocycles. The second kappa shape index (κ2) is 10.7. The Morgan fingerprint density at radius 1 is 0.933 bits per heavy atom. The lowest BCUT2D eigenvalue weighted by atomic mass is 9.78. The van der Waals surface area contributed by atoms with Gasteiger partial charge in [-0.1, -0.05) is 36.4 Å². The van der Waals surface area contributed by atoms with E-state index in [1.54, 1.807) is 61.7 Å². The van der Waals surface area contributed by atoms with Gasteiger partial charge in [0.25, 0.3) is 0 Å². The SMILES string of the molecule is CCOC(=O)C(OC(C)=O)(C(=O)OCC)C(CC(=O)c1cccs1)c1ccccc1. The van der Waals surface area contributed by atoms with Crippen LogP contribution in [-0.2, 0) is 28.6 Å². The molecule has 0 aliphatic rings. The van der Waals surface area contributed by atoms with Crippen molar-refractivity contribution in [3.8, 4) is 0 Å². The summed E-state index contributed by atoms with van der Waals surface area (Å²) < 4.78 is 15.6. The van der Waals surface area contributed by atoms with Crippen LogP contribution in [0.4, 0.5) is 0 Å². The summed E-state index contributed by atoms with van der Waals surface area (Å²) in [5, 5.41) is 1.75. The van der Waals surface area contributed by atoms with Gasteiger partial charge in [-0.3, -0.25) is 9.59 Å². The molecule has 1 heterocycles. The Labute approximate surface area is 178 Å². The maximum atomic E-state index is 13.1. The highest BCUT2D eigenvalue weighted by molar-refractivity contribution is 7.12. The third-order valence-electron chi connectivity index (χ3n) is 4.34. The molecule has 0 saturated heterocycles. The first kappa shape index (κ1) is 23.3. The molecular weight excluding hydrogens is 408 g/mol. The summed E-state index contributed by atoms with van der Waals surface area (Å²) in [6.45, 7) is 4.10. The standard InChI is InChI=1S/C22H24O7S/c1-4-27-20(25)22(29-15(3)23,21(26)28-5-2)17(16-10-7-6-8-11-16)14-18(24)19-12-9-13-30-19/h6-13,17H,4-5,14H2,1-3H3. The fraction of sp³-hybridized carbons (Fsp3) is 0.364. The van der Waals surface area contributed by atoms with E-state index in [9.17, 15) is 19.2 Å². The Hall–Kier alpha value is -3.00.